The van der Waals surface area contributed by atoms with Crippen LogP contribution in [0.5, 0.6) is 0 Å². The zero-order valence-electron chi connectivity index (χ0n) is 32.2. The second-order valence-electron chi connectivity index (χ2n) is 15.5. The van der Waals surface area contributed by atoms with Gasteiger partial charge in [0.15, 0.2) is 0 Å². The van der Waals surface area contributed by atoms with Crippen LogP contribution in [0.2, 0.25) is 0 Å². The zero-order valence-corrected chi connectivity index (χ0v) is 32.2. The monoisotopic (exact) mass is 748 g/mol. The summed E-state index contributed by atoms with van der Waals surface area (Å²) in [5, 5.41) is 12.2. The van der Waals surface area contributed by atoms with Gasteiger partial charge in [-0.1, -0.05) is 194 Å². The number of hydrogen-bond donors (Lipinski definition) is 0. The van der Waals surface area contributed by atoms with E-state index in [0.717, 1.165) is 21.9 Å². The van der Waals surface area contributed by atoms with E-state index in [0.29, 0.717) is 0 Å². The highest BCUT2D eigenvalue weighted by Gasteiger charge is 2.20. The lowest BCUT2D eigenvalue weighted by Gasteiger charge is -2.20. The first-order valence-corrected chi connectivity index (χ1v) is 20.3. The summed E-state index contributed by atoms with van der Waals surface area (Å²) in [5.41, 5.74) is 14.1. The highest BCUT2D eigenvalue weighted by atomic mass is 16.3. The van der Waals surface area contributed by atoms with Crippen molar-refractivity contribution < 1.29 is 4.42 Å². The smallest absolute Gasteiger partial charge is 0.135 e. The molecule has 0 amide bonds. The van der Waals surface area contributed by atoms with E-state index < -0.39 is 0 Å². The van der Waals surface area contributed by atoms with Gasteiger partial charge in [0.2, 0.25) is 0 Å². The maximum absolute atomic E-state index is 6.23. The summed E-state index contributed by atoms with van der Waals surface area (Å²) >= 11 is 0. The predicted molar refractivity (Wildman–Crippen MR) is 251 cm³/mol. The van der Waals surface area contributed by atoms with Crippen molar-refractivity contribution in [3.63, 3.8) is 0 Å². The lowest BCUT2D eigenvalue weighted by Crippen LogP contribution is -1.93. The summed E-state index contributed by atoms with van der Waals surface area (Å²) < 4.78 is 6.23. The van der Waals surface area contributed by atoms with E-state index in [1.54, 1.807) is 0 Å². The molecular formula is C58H36O. The SMILES string of the molecule is c1ccc(-c2ccc3c(-c4ccc(-c5c6ccccc6c(-c6ccc7oc8ccccc8c7c6)c6ccccc56)cc4)c4ccccc4c(-c4ccccc4)c3c2)cc1. The molecule has 0 bridgehead atoms. The summed E-state index contributed by atoms with van der Waals surface area (Å²) in [6.45, 7) is 0. The van der Waals surface area contributed by atoms with Gasteiger partial charge in [0.25, 0.3) is 0 Å². The average Bonchev–Trinajstić information content (AvgIpc) is 3.68. The van der Waals surface area contributed by atoms with Crippen LogP contribution in [0.1, 0.15) is 0 Å². The van der Waals surface area contributed by atoms with E-state index in [1.165, 1.54) is 98.7 Å². The average molecular weight is 749 g/mol. The number of benzene rings is 11. The van der Waals surface area contributed by atoms with Crippen LogP contribution in [0.15, 0.2) is 223 Å². The molecule has 0 radical (unpaired) electrons. The second kappa shape index (κ2) is 13.4. The molecular weight excluding hydrogens is 713 g/mol. The molecule has 0 aliphatic rings. The van der Waals surface area contributed by atoms with Crippen LogP contribution in [0.25, 0.3) is 121 Å². The molecule has 0 fully saturated rings. The third-order valence-electron chi connectivity index (χ3n) is 12.3. The second-order valence-corrected chi connectivity index (χ2v) is 15.5. The fourth-order valence-corrected chi connectivity index (χ4v) is 9.65. The molecule has 0 spiro atoms. The van der Waals surface area contributed by atoms with Crippen LogP contribution in [-0.2, 0) is 0 Å². The third kappa shape index (κ3) is 5.33. The van der Waals surface area contributed by atoms with Crippen LogP contribution in [0.4, 0.5) is 0 Å². The lowest BCUT2D eigenvalue weighted by molar-refractivity contribution is 0.669. The van der Waals surface area contributed by atoms with Crippen molar-refractivity contribution >= 4 is 65.0 Å². The molecule has 1 nitrogen and oxygen atoms in total. The Morgan fingerprint density at radius 3 is 1.07 bits per heavy atom. The van der Waals surface area contributed by atoms with Crippen LogP contribution >= 0.6 is 0 Å². The number of para-hydroxylation sites is 1. The van der Waals surface area contributed by atoms with Gasteiger partial charge in [-0.15, -0.1) is 0 Å². The van der Waals surface area contributed by atoms with Gasteiger partial charge in [0.1, 0.15) is 11.2 Å². The van der Waals surface area contributed by atoms with E-state index in [9.17, 15) is 0 Å². The van der Waals surface area contributed by atoms with Gasteiger partial charge in [0.05, 0.1) is 0 Å². The fraction of sp³-hybridized carbons (Fsp3) is 0. The Bertz CT molecular complexity index is 3520. The fourth-order valence-electron chi connectivity index (χ4n) is 9.65. The Morgan fingerprint density at radius 2 is 0.525 bits per heavy atom. The van der Waals surface area contributed by atoms with Crippen LogP contribution in [0.3, 0.4) is 0 Å². The summed E-state index contributed by atoms with van der Waals surface area (Å²) in [4.78, 5) is 0. The molecule has 0 N–H and O–H groups in total. The first-order valence-electron chi connectivity index (χ1n) is 20.3. The summed E-state index contributed by atoms with van der Waals surface area (Å²) in [6.07, 6.45) is 0. The molecule has 0 aliphatic heterocycles. The molecule has 0 saturated heterocycles. The van der Waals surface area contributed by atoms with E-state index >= 15 is 0 Å². The van der Waals surface area contributed by atoms with Crippen molar-refractivity contribution in [3.8, 4) is 55.6 Å². The predicted octanol–water partition coefficient (Wildman–Crippen LogP) is 16.5. The molecule has 1 heteroatoms. The van der Waals surface area contributed by atoms with E-state index in [-0.39, 0.29) is 0 Å². The molecule has 274 valence electrons. The minimum atomic E-state index is 0.909. The van der Waals surface area contributed by atoms with Crippen molar-refractivity contribution in [1.82, 2.24) is 0 Å². The van der Waals surface area contributed by atoms with Gasteiger partial charge in [-0.05, 0) is 123 Å². The minimum Gasteiger partial charge on any atom is -0.456 e. The van der Waals surface area contributed by atoms with Crippen molar-refractivity contribution in [1.29, 1.82) is 0 Å². The molecule has 0 atom stereocenters. The third-order valence-corrected chi connectivity index (χ3v) is 12.3. The molecule has 59 heavy (non-hydrogen) atoms. The Morgan fingerprint density at radius 1 is 0.186 bits per heavy atom. The number of rotatable bonds is 5. The summed E-state index contributed by atoms with van der Waals surface area (Å²) in [6, 6.07) is 79.6. The topological polar surface area (TPSA) is 13.1 Å². The molecule has 0 aliphatic carbocycles. The van der Waals surface area contributed by atoms with Gasteiger partial charge in [-0.25, -0.2) is 0 Å². The van der Waals surface area contributed by atoms with Crippen LogP contribution < -0.4 is 0 Å². The van der Waals surface area contributed by atoms with E-state index in [1.807, 2.05) is 12.1 Å². The maximum atomic E-state index is 6.23. The quantitative estimate of drug-likeness (QED) is 0.160. The minimum absolute atomic E-state index is 0.909. The Balaban J connectivity index is 1.07. The summed E-state index contributed by atoms with van der Waals surface area (Å²) in [7, 11) is 0. The molecule has 1 heterocycles. The van der Waals surface area contributed by atoms with Gasteiger partial charge >= 0.3 is 0 Å². The van der Waals surface area contributed by atoms with Crippen LogP contribution in [0, 0.1) is 0 Å². The molecule has 0 saturated carbocycles. The molecule has 0 unspecified atom stereocenters. The van der Waals surface area contributed by atoms with E-state index in [2.05, 4.69) is 206 Å². The van der Waals surface area contributed by atoms with Crippen LogP contribution in [-0.4, -0.2) is 0 Å². The van der Waals surface area contributed by atoms with Gasteiger partial charge in [-0.3, -0.25) is 0 Å². The highest BCUT2D eigenvalue weighted by Crippen LogP contribution is 2.47. The van der Waals surface area contributed by atoms with Gasteiger partial charge in [0, 0.05) is 10.8 Å². The molecule has 1 aromatic heterocycles. The Labute approximate surface area is 342 Å². The first kappa shape index (κ1) is 33.4. The largest absolute Gasteiger partial charge is 0.456 e. The van der Waals surface area contributed by atoms with Crippen molar-refractivity contribution in [3.05, 3.63) is 218 Å². The Kier molecular flexibility index (Phi) is 7.61. The lowest BCUT2D eigenvalue weighted by atomic mass is 9.83. The van der Waals surface area contributed by atoms with Crippen molar-refractivity contribution in [2.75, 3.05) is 0 Å². The number of fused-ring (bicyclic) bond motifs is 7. The summed E-state index contributed by atoms with van der Waals surface area (Å²) in [5.74, 6) is 0. The van der Waals surface area contributed by atoms with Gasteiger partial charge in [-0.2, -0.15) is 0 Å². The first-order chi connectivity index (χ1) is 29.3. The number of furan rings is 1. The van der Waals surface area contributed by atoms with Gasteiger partial charge < -0.3 is 4.42 Å². The zero-order chi connectivity index (χ0) is 38.9. The normalized spacial score (nSPS) is 11.7. The number of hydrogen-bond acceptors (Lipinski definition) is 1. The molecule has 11 aromatic carbocycles. The highest BCUT2D eigenvalue weighted by molar-refractivity contribution is 6.24. The van der Waals surface area contributed by atoms with Crippen molar-refractivity contribution in [2.24, 2.45) is 0 Å². The molecule has 12 aromatic rings. The standard InChI is InChI=1S/C58H36O/c1-3-15-37(16-4-1)41-31-33-50-52(35-41)57(38-17-5-2-6-18-38)47-23-10-7-20-44(47)56(50)40-29-27-39(28-30-40)55-45-21-8-11-24-48(45)58(49-25-12-9-22-46(49)55)42-32-34-54-51(36-42)43-19-13-14-26-53(43)59-54/h1-36H. The maximum Gasteiger partial charge on any atom is 0.135 e. The Hall–Kier alpha value is -7.74. The van der Waals surface area contributed by atoms with Crippen molar-refractivity contribution in [2.45, 2.75) is 0 Å². The molecule has 12 rings (SSSR count). The van der Waals surface area contributed by atoms with E-state index in [4.69, 9.17) is 4.42 Å².